The molecule has 0 spiro atoms. The molecule has 0 bridgehead atoms. The highest BCUT2D eigenvalue weighted by Gasteiger charge is 2.22. The maximum absolute atomic E-state index is 12.4. The highest BCUT2D eigenvalue weighted by atomic mass is 32.2. The van der Waals surface area contributed by atoms with Crippen LogP contribution in [0.1, 0.15) is 35.7 Å². The summed E-state index contributed by atoms with van der Waals surface area (Å²) in [5, 5.41) is 0. The zero-order valence-electron chi connectivity index (χ0n) is 13.7. The number of benzene rings is 1. The Morgan fingerprint density at radius 1 is 1.43 bits per heavy atom. The lowest BCUT2D eigenvalue weighted by molar-refractivity contribution is 0.0999. The van der Waals surface area contributed by atoms with Gasteiger partial charge in [-0.25, -0.2) is 13.1 Å². The number of aryl methyl sites for hydroxylation is 1. The summed E-state index contributed by atoms with van der Waals surface area (Å²) in [6, 6.07) is 4.45. The third-order valence-electron chi connectivity index (χ3n) is 4.40. The van der Waals surface area contributed by atoms with Crippen molar-refractivity contribution in [2.45, 2.75) is 31.6 Å². The summed E-state index contributed by atoms with van der Waals surface area (Å²) in [5.74, 6) is -0.301. The molecule has 1 saturated heterocycles. The molecule has 1 atom stereocenters. The summed E-state index contributed by atoms with van der Waals surface area (Å²) in [6.45, 7) is 7.25. The Kier molecular flexibility index (Phi) is 5.78. The average molecular weight is 339 g/mol. The van der Waals surface area contributed by atoms with Gasteiger partial charge >= 0.3 is 0 Å². The summed E-state index contributed by atoms with van der Waals surface area (Å²) in [4.78, 5) is 13.8. The van der Waals surface area contributed by atoms with Crippen molar-refractivity contribution in [1.82, 2.24) is 9.62 Å². The fraction of sp³-hybridized carbons (Fsp3) is 0.562. The molecule has 1 fully saturated rings. The molecule has 23 heavy (non-hydrogen) atoms. The molecule has 0 radical (unpaired) electrons. The van der Waals surface area contributed by atoms with Gasteiger partial charge in [-0.3, -0.25) is 4.79 Å². The number of likely N-dealkylation sites (tertiary alicyclic amines) is 1. The lowest BCUT2D eigenvalue weighted by atomic mass is 9.98. The van der Waals surface area contributed by atoms with Crippen molar-refractivity contribution in [1.29, 1.82) is 0 Å². The van der Waals surface area contributed by atoms with Crippen molar-refractivity contribution in [2.75, 3.05) is 26.2 Å². The van der Waals surface area contributed by atoms with Crippen LogP contribution in [0.25, 0.3) is 0 Å². The number of nitrogens with zero attached hydrogens (tertiary/aromatic N) is 1. The minimum Gasteiger partial charge on any atom is -0.366 e. The highest BCUT2D eigenvalue weighted by molar-refractivity contribution is 7.89. The summed E-state index contributed by atoms with van der Waals surface area (Å²) >= 11 is 0. The molecule has 128 valence electrons. The van der Waals surface area contributed by atoms with Gasteiger partial charge < -0.3 is 10.6 Å². The maximum Gasteiger partial charge on any atom is 0.249 e. The fourth-order valence-corrected chi connectivity index (χ4v) is 4.09. The summed E-state index contributed by atoms with van der Waals surface area (Å²) in [5.41, 5.74) is 6.20. The highest BCUT2D eigenvalue weighted by Crippen LogP contribution is 2.18. The molecule has 1 heterocycles. The standard InChI is InChI=1S/C16H25N3O3S/c1-3-19-8-4-5-13(11-19)10-18-23(21,22)14-7-6-12(2)15(9-14)16(17)20/h6-7,9,13,18H,3-5,8,10-11H2,1-2H3,(H2,17,20)/t13-/m1/s1. The number of amides is 1. The second-order valence-electron chi connectivity index (χ2n) is 6.09. The number of nitrogens with two attached hydrogens (primary N) is 1. The third-order valence-corrected chi connectivity index (χ3v) is 5.82. The van der Waals surface area contributed by atoms with Gasteiger partial charge in [0.25, 0.3) is 0 Å². The first-order valence-corrected chi connectivity index (χ1v) is 9.44. The third kappa shape index (κ3) is 4.53. The van der Waals surface area contributed by atoms with E-state index in [1.165, 1.54) is 12.1 Å². The monoisotopic (exact) mass is 339 g/mol. The number of carbonyl (C=O) groups is 1. The number of hydrogen-bond donors (Lipinski definition) is 2. The summed E-state index contributed by atoms with van der Waals surface area (Å²) < 4.78 is 27.5. The Bertz CT molecular complexity index is 673. The van der Waals surface area contributed by atoms with Crippen LogP contribution < -0.4 is 10.5 Å². The van der Waals surface area contributed by atoms with Gasteiger partial charge in [-0.05, 0) is 56.5 Å². The SMILES string of the molecule is CCN1CCC[C@H](CNS(=O)(=O)c2ccc(C)c(C(N)=O)c2)C1. The van der Waals surface area contributed by atoms with E-state index in [9.17, 15) is 13.2 Å². The number of piperidine rings is 1. The normalized spacial score (nSPS) is 19.7. The maximum atomic E-state index is 12.4. The second kappa shape index (κ2) is 7.42. The van der Waals surface area contributed by atoms with Crippen molar-refractivity contribution in [3.05, 3.63) is 29.3 Å². The molecule has 0 aromatic heterocycles. The number of hydrogen-bond acceptors (Lipinski definition) is 4. The van der Waals surface area contributed by atoms with Crippen LogP contribution in [0.4, 0.5) is 0 Å². The van der Waals surface area contributed by atoms with Crippen LogP contribution in [0.5, 0.6) is 0 Å². The first kappa shape index (κ1) is 17.9. The van der Waals surface area contributed by atoms with Gasteiger partial charge in [0.05, 0.1) is 4.90 Å². The summed E-state index contributed by atoms with van der Waals surface area (Å²) in [6.07, 6.45) is 2.12. The topological polar surface area (TPSA) is 92.5 Å². The van der Waals surface area contributed by atoms with Crippen LogP contribution in [-0.4, -0.2) is 45.4 Å². The van der Waals surface area contributed by atoms with Crippen molar-refractivity contribution in [2.24, 2.45) is 11.7 Å². The zero-order valence-corrected chi connectivity index (χ0v) is 14.5. The second-order valence-corrected chi connectivity index (χ2v) is 7.86. The molecule has 6 nitrogen and oxygen atoms in total. The predicted octanol–water partition coefficient (Wildman–Crippen LogP) is 1.10. The number of primary amides is 1. The molecule has 1 aliphatic heterocycles. The molecule has 1 aromatic carbocycles. The Hall–Kier alpha value is -1.44. The fourth-order valence-electron chi connectivity index (χ4n) is 2.95. The number of nitrogens with one attached hydrogen (secondary N) is 1. The van der Waals surface area contributed by atoms with Gasteiger partial charge in [-0.2, -0.15) is 0 Å². The van der Waals surface area contributed by atoms with Crippen LogP contribution in [-0.2, 0) is 10.0 Å². The van der Waals surface area contributed by atoms with E-state index in [2.05, 4.69) is 16.5 Å². The smallest absolute Gasteiger partial charge is 0.249 e. The van der Waals surface area contributed by atoms with Crippen molar-refractivity contribution in [3.8, 4) is 0 Å². The van der Waals surface area contributed by atoms with Crippen LogP contribution in [0.3, 0.4) is 0 Å². The largest absolute Gasteiger partial charge is 0.366 e. The minimum atomic E-state index is -3.63. The van der Waals surface area contributed by atoms with Gasteiger partial charge in [0.1, 0.15) is 0 Å². The van der Waals surface area contributed by atoms with Gasteiger partial charge in [-0.15, -0.1) is 0 Å². The average Bonchev–Trinajstić information content (AvgIpc) is 2.53. The van der Waals surface area contributed by atoms with E-state index in [1.54, 1.807) is 13.0 Å². The molecular formula is C16H25N3O3S. The van der Waals surface area contributed by atoms with E-state index >= 15 is 0 Å². The quantitative estimate of drug-likeness (QED) is 0.812. The lowest BCUT2D eigenvalue weighted by Crippen LogP contribution is -2.40. The van der Waals surface area contributed by atoms with E-state index in [0.29, 0.717) is 18.0 Å². The molecule has 1 amide bonds. The summed E-state index contributed by atoms with van der Waals surface area (Å²) in [7, 11) is -3.63. The van der Waals surface area contributed by atoms with Gasteiger partial charge in [0.15, 0.2) is 0 Å². The van der Waals surface area contributed by atoms with Gasteiger partial charge in [0, 0.05) is 18.7 Å². The molecule has 1 aliphatic rings. The zero-order chi connectivity index (χ0) is 17.0. The van der Waals surface area contributed by atoms with E-state index in [1.807, 2.05) is 0 Å². The van der Waals surface area contributed by atoms with E-state index < -0.39 is 15.9 Å². The van der Waals surface area contributed by atoms with Crippen LogP contribution in [0, 0.1) is 12.8 Å². The van der Waals surface area contributed by atoms with E-state index in [4.69, 9.17) is 5.73 Å². The van der Waals surface area contributed by atoms with Crippen molar-refractivity contribution < 1.29 is 13.2 Å². The van der Waals surface area contributed by atoms with Crippen molar-refractivity contribution >= 4 is 15.9 Å². The Labute approximate surface area is 138 Å². The Balaban J connectivity index is 2.07. The number of rotatable bonds is 6. The molecular weight excluding hydrogens is 314 g/mol. The van der Waals surface area contributed by atoms with Crippen LogP contribution >= 0.6 is 0 Å². The van der Waals surface area contributed by atoms with Gasteiger partial charge in [0.2, 0.25) is 15.9 Å². The molecule has 3 N–H and O–H groups in total. The minimum absolute atomic E-state index is 0.0834. The number of sulfonamides is 1. The Morgan fingerprint density at radius 3 is 2.83 bits per heavy atom. The molecule has 0 aliphatic carbocycles. The van der Waals surface area contributed by atoms with Crippen LogP contribution in [0.2, 0.25) is 0 Å². The molecule has 0 unspecified atom stereocenters. The first-order chi connectivity index (χ1) is 10.8. The van der Waals surface area contributed by atoms with Crippen molar-refractivity contribution in [3.63, 3.8) is 0 Å². The Morgan fingerprint density at radius 2 is 2.17 bits per heavy atom. The predicted molar refractivity (Wildman–Crippen MR) is 89.7 cm³/mol. The molecule has 2 rings (SSSR count). The van der Waals surface area contributed by atoms with Crippen LogP contribution in [0.15, 0.2) is 23.1 Å². The first-order valence-electron chi connectivity index (χ1n) is 7.96. The molecule has 0 saturated carbocycles. The van der Waals surface area contributed by atoms with E-state index in [-0.39, 0.29) is 10.5 Å². The lowest BCUT2D eigenvalue weighted by Gasteiger charge is -2.31. The molecule has 1 aromatic rings. The molecule has 7 heteroatoms. The van der Waals surface area contributed by atoms with Gasteiger partial charge in [-0.1, -0.05) is 13.0 Å². The van der Waals surface area contributed by atoms with E-state index in [0.717, 1.165) is 32.5 Å². The number of carbonyl (C=O) groups excluding carboxylic acids is 1.